The molecule has 92 valence electrons. The number of rotatable bonds is 4. The van der Waals surface area contributed by atoms with Crippen molar-refractivity contribution in [2.75, 3.05) is 13.7 Å². The molecule has 0 amide bonds. The fourth-order valence-electron chi connectivity index (χ4n) is 1.70. The van der Waals surface area contributed by atoms with Crippen molar-refractivity contribution in [1.29, 1.82) is 0 Å². The number of methoxy groups -OCH3 is 1. The molecule has 0 aromatic heterocycles. The van der Waals surface area contributed by atoms with E-state index in [-0.39, 0.29) is 5.78 Å². The summed E-state index contributed by atoms with van der Waals surface area (Å²) in [6, 6.07) is 3.17. The lowest BCUT2D eigenvalue weighted by molar-refractivity contribution is 0.0525. The molecule has 0 aliphatic heterocycles. The first-order valence-electron chi connectivity index (χ1n) is 5.38. The van der Waals surface area contributed by atoms with E-state index in [2.05, 4.69) is 0 Å². The first kappa shape index (κ1) is 13.2. The van der Waals surface area contributed by atoms with Crippen LogP contribution in [0.5, 0.6) is 5.75 Å². The molecular formula is C13H16O4. The van der Waals surface area contributed by atoms with E-state index in [0.29, 0.717) is 29.0 Å². The molecule has 0 saturated heterocycles. The molecule has 0 aliphatic rings. The van der Waals surface area contributed by atoms with E-state index in [1.165, 1.54) is 20.1 Å². The van der Waals surface area contributed by atoms with Crippen LogP contribution in [-0.2, 0) is 4.74 Å². The summed E-state index contributed by atoms with van der Waals surface area (Å²) in [6.45, 7) is 5.29. The number of ether oxygens (including phenoxy) is 2. The van der Waals surface area contributed by atoms with Gasteiger partial charge in [0.05, 0.1) is 24.8 Å². The van der Waals surface area contributed by atoms with Crippen molar-refractivity contribution in [2.45, 2.75) is 20.8 Å². The third kappa shape index (κ3) is 2.84. The second kappa shape index (κ2) is 5.48. The van der Waals surface area contributed by atoms with Gasteiger partial charge in [0.25, 0.3) is 0 Å². The summed E-state index contributed by atoms with van der Waals surface area (Å²) in [6.07, 6.45) is 0. The van der Waals surface area contributed by atoms with E-state index in [1.54, 1.807) is 19.9 Å². The van der Waals surface area contributed by atoms with Crippen molar-refractivity contribution < 1.29 is 19.1 Å². The fraction of sp³-hybridized carbons (Fsp3) is 0.385. The van der Waals surface area contributed by atoms with Crippen molar-refractivity contribution in [2.24, 2.45) is 0 Å². The summed E-state index contributed by atoms with van der Waals surface area (Å²) in [4.78, 5) is 23.0. The first-order chi connectivity index (χ1) is 8.01. The minimum atomic E-state index is -0.413. The number of ketones is 1. The first-order valence-corrected chi connectivity index (χ1v) is 5.38. The van der Waals surface area contributed by atoms with Crippen LogP contribution in [-0.4, -0.2) is 25.5 Å². The van der Waals surface area contributed by atoms with E-state index < -0.39 is 5.97 Å². The maximum absolute atomic E-state index is 11.6. The normalized spacial score (nSPS) is 9.88. The Morgan fingerprint density at radius 1 is 1.29 bits per heavy atom. The van der Waals surface area contributed by atoms with E-state index in [1.807, 2.05) is 0 Å². The maximum Gasteiger partial charge on any atom is 0.338 e. The quantitative estimate of drug-likeness (QED) is 0.595. The summed E-state index contributed by atoms with van der Waals surface area (Å²) in [5, 5.41) is 0. The lowest BCUT2D eigenvalue weighted by atomic mass is 10.0. The summed E-state index contributed by atoms with van der Waals surface area (Å²) in [7, 11) is 1.47. The smallest absolute Gasteiger partial charge is 0.338 e. The van der Waals surface area contributed by atoms with Crippen LogP contribution in [0, 0.1) is 6.92 Å². The number of esters is 1. The van der Waals surface area contributed by atoms with Crippen LogP contribution in [0.25, 0.3) is 0 Å². The van der Waals surface area contributed by atoms with E-state index in [0.717, 1.165) is 0 Å². The average Bonchev–Trinajstić information content (AvgIpc) is 2.27. The summed E-state index contributed by atoms with van der Waals surface area (Å²) in [5.41, 5.74) is 1.60. The van der Waals surface area contributed by atoms with Crippen molar-refractivity contribution in [3.05, 3.63) is 28.8 Å². The topological polar surface area (TPSA) is 52.6 Å². The predicted molar refractivity (Wildman–Crippen MR) is 63.7 cm³/mol. The molecule has 0 bridgehead atoms. The monoisotopic (exact) mass is 236 g/mol. The van der Waals surface area contributed by atoms with Crippen molar-refractivity contribution in [1.82, 2.24) is 0 Å². The molecule has 0 aliphatic carbocycles. The van der Waals surface area contributed by atoms with Gasteiger partial charge in [-0.1, -0.05) is 0 Å². The number of hydrogen-bond acceptors (Lipinski definition) is 4. The lowest BCUT2D eigenvalue weighted by Crippen LogP contribution is -2.08. The summed E-state index contributed by atoms with van der Waals surface area (Å²) >= 11 is 0. The highest BCUT2D eigenvalue weighted by Gasteiger charge is 2.16. The minimum absolute atomic E-state index is 0.0882. The third-order valence-electron chi connectivity index (χ3n) is 2.38. The predicted octanol–water partition coefficient (Wildman–Crippen LogP) is 2.38. The van der Waals surface area contributed by atoms with Gasteiger partial charge >= 0.3 is 5.97 Å². The van der Waals surface area contributed by atoms with Crippen LogP contribution >= 0.6 is 0 Å². The highest BCUT2D eigenvalue weighted by molar-refractivity contribution is 6.00. The molecule has 1 rings (SSSR count). The molecule has 0 atom stereocenters. The Bertz CT molecular complexity index is 449. The van der Waals surface area contributed by atoms with Crippen LogP contribution in [0.4, 0.5) is 0 Å². The second-order valence-corrected chi connectivity index (χ2v) is 3.65. The Hall–Kier alpha value is -1.84. The molecule has 0 heterocycles. The highest BCUT2D eigenvalue weighted by Crippen LogP contribution is 2.25. The van der Waals surface area contributed by atoms with Crippen LogP contribution in [0.1, 0.15) is 40.1 Å². The Kier molecular flexibility index (Phi) is 4.26. The van der Waals surface area contributed by atoms with Gasteiger partial charge in [-0.15, -0.1) is 0 Å². The molecule has 17 heavy (non-hydrogen) atoms. The molecule has 4 nitrogen and oxygen atoms in total. The Morgan fingerprint density at radius 3 is 2.41 bits per heavy atom. The average molecular weight is 236 g/mol. The van der Waals surface area contributed by atoms with Gasteiger partial charge in [0.2, 0.25) is 0 Å². The molecule has 0 radical (unpaired) electrons. The molecule has 1 aromatic rings. The zero-order chi connectivity index (χ0) is 13.0. The molecule has 0 fully saturated rings. The number of aryl methyl sites for hydroxylation is 1. The molecule has 0 saturated carbocycles. The number of benzene rings is 1. The van der Waals surface area contributed by atoms with Gasteiger partial charge in [0.1, 0.15) is 5.75 Å². The van der Waals surface area contributed by atoms with Crippen LogP contribution in [0.3, 0.4) is 0 Å². The molecule has 4 heteroatoms. The summed E-state index contributed by atoms with van der Waals surface area (Å²) < 4.78 is 10.0. The molecule has 0 unspecified atom stereocenters. The van der Waals surface area contributed by atoms with Crippen LogP contribution < -0.4 is 4.74 Å². The minimum Gasteiger partial charge on any atom is -0.496 e. The number of hydrogen-bond donors (Lipinski definition) is 0. The largest absolute Gasteiger partial charge is 0.496 e. The van der Waals surface area contributed by atoms with Gasteiger partial charge in [-0.3, -0.25) is 4.79 Å². The Balaban J connectivity index is 3.27. The van der Waals surface area contributed by atoms with Gasteiger partial charge in [-0.05, 0) is 38.5 Å². The lowest BCUT2D eigenvalue weighted by Gasteiger charge is -2.11. The second-order valence-electron chi connectivity index (χ2n) is 3.65. The van der Waals surface area contributed by atoms with Gasteiger partial charge in [0.15, 0.2) is 5.78 Å². The van der Waals surface area contributed by atoms with Crippen molar-refractivity contribution >= 4 is 11.8 Å². The maximum atomic E-state index is 11.6. The van der Waals surface area contributed by atoms with Gasteiger partial charge in [0, 0.05) is 0 Å². The Labute approximate surface area is 101 Å². The van der Waals surface area contributed by atoms with Gasteiger partial charge in [-0.25, -0.2) is 4.79 Å². The molecule has 0 N–H and O–H groups in total. The number of carbonyl (C=O) groups excluding carboxylic acids is 2. The van der Waals surface area contributed by atoms with Crippen molar-refractivity contribution in [3.8, 4) is 5.75 Å². The third-order valence-corrected chi connectivity index (χ3v) is 2.38. The van der Waals surface area contributed by atoms with Crippen LogP contribution in [0.2, 0.25) is 0 Å². The highest BCUT2D eigenvalue weighted by atomic mass is 16.5. The van der Waals surface area contributed by atoms with E-state index >= 15 is 0 Å². The zero-order valence-electron chi connectivity index (χ0n) is 10.5. The molecular weight excluding hydrogens is 220 g/mol. The number of Topliss-reactive ketones (excluding diaryl/α,β-unsaturated/α-hetero) is 1. The van der Waals surface area contributed by atoms with E-state index in [9.17, 15) is 9.59 Å². The zero-order valence-corrected chi connectivity index (χ0v) is 10.5. The Morgan fingerprint density at radius 2 is 1.94 bits per heavy atom. The molecule has 1 aromatic carbocycles. The fourth-order valence-corrected chi connectivity index (χ4v) is 1.70. The molecule has 0 spiro atoms. The van der Waals surface area contributed by atoms with Gasteiger partial charge < -0.3 is 9.47 Å². The SMILES string of the molecule is CCOC(=O)c1cc(C)c(C(C)=O)c(OC)c1. The van der Waals surface area contributed by atoms with Crippen LogP contribution in [0.15, 0.2) is 12.1 Å². The van der Waals surface area contributed by atoms with Crippen molar-refractivity contribution in [3.63, 3.8) is 0 Å². The summed E-state index contributed by atoms with van der Waals surface area (Å²) in [5.74, 6) is -0.0979. The van der Waals surface area contributed by atoms with E-state index in [4.69, 9.17) is 9.47 Å². The van der Waals surface area contributed by atoms with Gasteiger partial charge in [-0.2, -0.15) is 0 Å². The number of carbonyl (C=O) groups is 2. The standard InChI is InChI=1S/C13H16O4/c1-5-17-13(15)10-6-8(2)12(9(3)14)11(7-10)16-4/h6-7H,5H2,1-4H3.